The summed E-state index contributed by atoms with van der Waals surface area (Å²) in [5.74, 6) is 0.108. The number of aryl methyl sites for hydroxylation is 1. The molecular weight excluding hydrogens is 345 g/mol. The number of benzene rings is 2. The van der Waals surface area contributed by atoms with Crippen molar-refractivity contribution < 1.29 is 9.21 Å². The Balaban J connectivity index is 1.63. The zero-order valence-electron chi connectivity index (χ0n) is 13.2. The van der Waals surface area contributed by atoms with Gasteiger partial charge < -0.3 is 9.73 Å². The van der Waals surface area contributed by atoms with Gasteiger partial charge in [-0.05, 0) is 54.3 Å². The van der Waals surface area contributed by atoms with Crippen molar-refractivity contribution in [1.82, 2.24) is 5.32 Å². The molecule has 24 heavy (non-hydrogen) atoms. The lowest BCUT2D eigenvalue weighted by molar-refractivity contribution is 0.0928. The minimum atomic E-state index is -0.218. The van der Waals surface area contributed by atoms with Crippen molar-refractivity contribution in [2.45, 2.75) is 19.8 Å². The number of halogens is 2. The van der Waals surface area contributed by atoms with Crippen LogP contribution in [0.4, 0.5) is 0 Å². The fourth-order valence-corrected chi connectivity index (χ4v) is 2.85. The summed E-state index contributed by atoms with van der Waals surface area (Å²) in [6, 6.07) is 13.2. The summed E-state index contributed by atoms with van der Waals surface area (Å²) in [7, 11) is 0. The molecule has 0 aliphatic carbocycles. The van der Waals surface area contributed by atoms with E-state index in [-0.39, 0.29) is 5.91 Å². The minimum absolute atomic E-state index is 0.218. The van der Waals surface area contributed by atoms with Gasteiger partial charge in [0.25, 0.3) is 5.91 Å². The first-order chi connectivity index (χ1) is 11.6. The lowest BCUT2D eigenvalue weighted by atomic mass is 10.1. The molecule has 0 aliphatic rings. The van der Waals surface area contributed by atoms with Gasteiger partial charge in [0.15, 0.2) is 5.76 Å². The van der Waals surface area contributed by atoms with Crippen LogP contribution in [-0.2, 0) is 12.8 Å². The number of carbonyl (C=O) groups is 1. The lowest BCUT2D eigenvalue weighted by Crippen LogP contribution is -2.25. The number of furan rings is 1. The van der Waals surface area contributed by atoms with Gasteiger partial charge in [0.05, 0.1) is 10.0 Å². The molecule has 0 bridgehead atoms. The van der Waals surface area contributed by atoms with Crippen LogP contribution in [0, 0.1) is 0 Å². The molecule has 5 heteroatoms. The van der Waals surface area contributed by atoms with Gasteiger partial charge in [0.2, 0.25) is 0 Å². The number of hydrogen-bond donors (Lipinski definition) is 1. The summed E-state index contributed by atoms with van der Waals surface area (Å²) in [6.45, 7) is 2.59. The predicted molar refractivity (Wildman–Crippen MR) is 98.1 cm³/mol. The molecule has 0 saturated heterocycles. The van der Waals surface area contributed by atoms with Gasteiger partial charge in [-0.1, -0.05) is 42.3 Å². The van der Waals surface area contributed by atoms with E-state index in [1.54, 1.807) is 12.1 Å². The van der Waals surface area contributed by atoms with Crippen molar-refractivity contribution in [2.75, 3.05) is 6.54 Å². The van der Waals surface area contributed by atoms with Crippen molar-refractivity contribution >= 4 is 40.1 Å². The summed E-state index contributed by atoms with van der Waals surface area (Å²) >= 11 is 11.9. The Hall–Kier alpha value is -1.97. The third-order valence-electron chi connectivity index (χ3n) is 3.90. The van der Waals surface area contributed by atoms with Crippen molar-refractivity contribution in [3.05, 3.63) is 69.4 Å². The molecule has 0 saturated carbocycles. The first-order valence-electron chi connectivity index (χ1n) is 7.81. The van der Waals surface area contributed by atoms with E-state index in [2.05, 4.69) is 12.2 Å². The van der Waals surface area contributed by atoms with E-state index >= 15 is 0 Å². The maximum Gasteiger partial charge on any atom is 0.287 e. The maximum absolute atomic E-state index is 12.2. The molecule has 124 valence electrons. The van der Waals surface area contributed by atoms with Gasteiger partial charge in [0, 0.05) is 11.9 Å². The third-order valence-corrected chi connectivity index (χ3v) is 4.64. The highest BCUT2D eigenvalue weighted by Crippen LogP contribution is 2.23. The van der Waals surface area contributed by atoms with Gasteiger partial charge in [-0.15, -0.1) is 0 Å². The van der Waals surface area contributed by atoms with Gasteiger partial charge in [-0.25, -0.2) is 0 Å². The van der Waals surface area contributed by atoms with Gasteiger partial charge in [-0.3, -0.25) is 4.79 Å². The molecular formula is C19H17Cl2NO2. The molecule has 1 aromatic heterocycles. The van der Waals surface area contributed by atoms with E-state index in [1.807, 2.05) is 30.3 Å². The number of hydrogen-bond acceptors (Lipinski definition) is 2. The highest BCUT2D eigenvalue weighted by Gasteiger charge is 2.12. The number of fused-ring (bicyclic) bond motifs is 1. The molecule has 0 aliphatic heterocycles. The zero-order valence-corrected chi connectivity index (χ0v) is 14.7. The predicted octanol–water partition coefficient (Wildman–Crippen LogP) is 5.27. The molecule has 0 fully saturated rings. The van der Waals surface area contributed by atoms with Crippen molar-refractivity contribution in [1.29, 1.82) is 0 Å². The molecule has 0 radical (unpaired) electrons. The summed E-state index contributed by atoms with van der Waals surface area (Å²) < 4.78 is 5.62. The quantitative estimate of drug-likeness (QED) is 0.671. The van der Waals surface area contributed by atoms with Gasteiger partial charge in [0.1, 0.15) is 5.58 Å². The first-order valence-corrected chi connectivity index (χ1v) is 8.57. The topological polar surface area (TPSA) is 42.2 Å². The molecule has 1 amide bonds. The van der Waals surface area contributed by atoms with E-state index in [0.717, 1.165) is 23.0 Å². The van der Waals surface area contributed by atoms with Gasteiger partial charge >= 0.3 is 0 Å². The molecule has 3 aromatic rings. The first kappa shape index (κ1) is 16.9. The molecule has 3 rings (SSSR count). The van der Waals surface area contributed by atoms with Gasteiger partial charge in [-0.2, -0.15) is 0 Å². The average Bonchev–Trinajstić information content (AvgIpc) is 3.01. The molecule has 1 heterocycles. The third kappa shape index (κ3) is 3.74. The highest BCUT2D eigenvalue weighted by atomic mass is 35.5. The lowest BCUT2D eigenvalue weighted by Gasteiger charge is -2.04. The Bertz CT molecular complexity index is 886. The molecule has 0 spiro atoms. The van der Waals surface area contributed by atoms with Crippen LogP contribution in [0.1, 0.15) is 28.6 Å². The van der Waals surface area contributed by atoms with Crippen LogP contribution in [0.2, 0.25) is 10.0 Å². The van der Waals surface area contributed by atoms with Crippen LogP contribution in [0.15, 0.2) is 46.9 Å². The Morgan fingerprint density at radius 1 is 1.04 bits per heavy atom. The van der Waals surface area contributed by atoms with E-state index in [0.29, 0.717) is 28.8 Å². The molecule has 2 aromatic carbocycles. The van der Waals surface area contributed by atoms with Crippen LogP contribution in [0.25, 0.3) is 11.0 Å². The number of carbonyl (C=O) groups excluding carboxylic acids is 1. The number of nitrogens with one attached hydrogen (secondary N) is 1. The summed E-state index contributed by atoms with van der Waals surface area (Å²) in [4.78, 5) is 12.2. The largest absolute Gasteiger partial charge is 0.451 e. The second kappa shape index (κ2) is 7.29. The molecule has 1 N–H and O–H groups in total. The minimum Gasteiger partial charge on any atom is -0.451 e. The van der Waals surface area contributed by atoms with Crippen LogP contribution >= 0.6 is 23.2 Å². The second-order valence-electron chi connectivity index (χ2n) is 5.59. The number of amides is 1. The number of rotatable bonds is 5. The van der Waals surface area contributed by atoms with Crippen molar-refractivity contribution in [3.63, 3.8) is 0 Å². The van der Waals surface area contributed by atoms with Crippen LogP contribution in [0.3, 0.4) is 0 Å². The summed E-state index contributed by atoms with van der Waals surface area (Å²) in [5.41, 5.74) is 2.96. The van der Waals surface area contributed by atoms with Crippen LogP contribution < -0.4 is 5.32 Å². The van der Waals surface area contributed by atoms with Crippen molar-refractivity contribution in [3.8, 4) is 0 Å². The van der Waals surface area contributed by atoms with E-state index in [9.17, 15) is 4.79 Å². The SMILES string of the molecule is CCc1ccc2oc(C(=O)NCCc3ccc(Cl)c(Cl)c3)cc2c1. The van der Waals surface area contributed by atoms with Crippen molar-refractivity contribution in [2.24, 2.45) is 0 Å². The standard InChI is InChI=1S/C19H17Cl2NO2/c1-2-12-4-6-17-14(9-12)11-18(24-17)19(23)22-8-7-13-3-5-15(20)16(21)10-13/h3-6,9-11H,2,7-8H2,1H3,(H,22,23). The molecule has 0 unspecified atom stereocenters. The monoisotopic (exact) mass is 361 g/mol. The Morgan fingerprint density at radius 2 is 1.83 bits per heavy atom. The highest BCUT2D eigenvalue weighted by molar-refractivity contribution is 6.42. The van der Waals surface area contributed by atoms with E-state index in [4.69, 9.17) is 27.6 Å². The Morgan fingerprint density at radius 3 is 2.58 bits per heavy atom. The maximum atomic E-state index is 12.2. The normalized spacial score (nSPS) is 11.0. The van der Waals surface area contributed by atoms with E-state index in [1.165, 1.54) is 5.56 Å². The zero-order chi connectivity index (χ0) is 17.1. The van der Waals surface area contributed by atoms with E-state index < -0.39 is 0 Å². The molecule has 0 atom stereocenters. The summed E-state index contributed by atoms with van der Waals surface area (Å²) in [5, 5.41) is 4.85. The fraction of sp³-hybridized carbons (Fsp3) is 0.211. The smallest absolute Gasteiger partial charge is 0.287 e. The second-order valence-corrected chi connectivity index (χ2v) is 6.41. The van der Waals surface area contributed by atoms with Crippen LogP contribution in [0.5, 0.6) is 0 Å². The summed E-state index contributed by atoms with van der Waals surface area (Å²) in [6.07, 6.45) is 1.62. The fourth-order valence-electron chi connectivity index (χ4n) is 2.53. The Kier molecular flexibility index (Phi) is 5.12. The Labute approximate surface area is 150 Å². The average molecular weight is 362 g/mol. The molecule has 3 nitrogen and oxygen atoms in total. The van der Waals surface area contributed by atoms with Crippen LogP contribution in [-0.4, -0.2) is 12.5 Å².